The van der Waals surface area contributed by atoms with Gasteiger partial charge in [0, 0.05) is 5.75 Å². The lowest BCUT2D eigenvalue weighted by atomic mass is 10.1. The van der Waals surface area contributed by atoms with Gasteiger partial charge in [0.25, 0.3) is 0 Å². The smallest absolute Gasteiger partial charge is 0.321 e. The average Bonchev–Trinajstić information content (AvgIpc) is 2.41. The third kappa shape index (κ3) is 5.08. The van der Waals surface area contributed by atoms with Crippen LogP contribution in [0, 0.1) is 0 Å². The summed E-state index contributed by atoms with van der Waals surface area (Å²) in [4.78, 5) is 21.5. The summed E-state index contributed by atoms with van der Waals surface area (Å²) in [5.41, 5.74) is 5.94. The molecule has 6 N–H and O–H groups in total. The lowest BCUT2D eigenvalue weighted by Crippen LogP contribution is -2.36. The molecule has 0 aromatic heterocycles. The molecule has 0 aliphatic heterocycles. The minimum Gasteiger partial charge on any atom is -0.504 e. The van der Waals surface area contributed by atoms with Gasteiger partial charge in [-0.3, -0.25) is 4.79 Å². The van der Waals surface area contributed by atoms with Crippen LogP contribution in [-0.2, 0) is 16.0 Å². The number of aromatic hydroxyl groups is 2. The molecule has 110 valence electrons. The molecule has 0 aliphatic carbocycles. The Labute approximate surface area is 119 Å². The van der Waals surface area contributed by atoms with E-state index in [4.69, 9.17) is 10.8 Å². The second kappa shape index (κ2) is 7.73. The van der Waals surface area contributed by atoms with E-state index in [0.717, 1.165) is 11.9 Å². The first-order valence-electron chi connectivity index (χ1n) is 5.76. The van der Waals surface area contributed by atoms with E-state index < -0.39 is 18.1 Å². The van der Waals surface area contributed by atoms with Gasteiger partial charge in [-0.2, -0.15) is 0 Å². The van der Waals surface area contributed by atoms with Gasteiger partial charge in [0.1, 0.15) is 12.3 Å². The summed E-state index contributed by atoms with van der Waals surface area (Å²) in [5, 5.41) is 27.6. The number of benzene rings is 1. The van der Waals surface area contributed by atoms with Crippen molar-refractivity contribution >= 4 is 24.2 Å². The minimum absolute atomic E-state index is 0.118. The van der Waals surface area contributed by atoms with Crippen LogP contribution in [-0.4, -0.2) is 45.4 Å². The number of hydrogen-bond acceptors (Lipinski definition) is 7. The fraction of sp³-hybridized carbons (Fsp3) is 0.333. The quantitative estimate of drug-likeness (QED) is 0.254. The second-order valence-electron chi connectivity index (χ2n) is 4.15. The van der Waals surface area contributed by atoms with Crippen molar-refractivity contribution < 1.29 is 24.9 Å². The lowest BCUT2D eigenvalue weighted by Gasteiger charge is -2.14. The number of hydrogen-bond donors (Lipinski definition) is 5. The molecule has 0 heterocycles. The van der Waals surface area contributed by atoms with Crippen LogP contribution in [0.3, 0.4) is 0 Å². The normalized spacial score (nSPS) is 13.7. The van der Waals surface area contributed by atoms with E-state index >= 15 is 0 Å². The molecule has 0 fully saturated rings. The predicted molar refractivity (Wildman–Crippen MR) is 74.5 cm³/mol. The number of carboxylic acid groups (broad SMARTS) is 1. The zero-order valence-electron chi connectivity index (χ0n) is 10.5. The fourth-order valence-electron chi connectivity index (χ4n) is 1.40. The van der Waals surface area contributed by atoms with Crippen LogP contribution in [0.25, 0.3) is 0 Å². The predicted octanol–water partition coefficient (Wildman–Crippen LogP) is -0.143. The van der Waals surface area contributed by atoms with Crippen molar-refractivity contribution in [3.8, 4) is 11.5 Å². The molecular formula is C12H16N2O5S. The highest BCUT2D eigenvalue weighted by atomic mass is 32.2. The molecular weight excluding hydrogens is 284 g/mol. The van der Waals surface area contributed by atoms with Crippen molar-refractivity contribution in [2.75, 3.05) is 5.75 Å². The third-order valence-corrected chi connectivity index (χ3v) is 3.46. The maximum Gasteiger partial charge on any atom is 0.321 e. The number of carboxylic acids is 1. The van der Waals surface area contributed by atoms with Gasteiger partial charge < -0.3 is 25.8 Å². The number of carbonyl (C=O) groups is 2. The standard InChI is InChI=1S/C12H16N2O5S/c13-8(5-15)6-20-14-9(12(18)19)3-7-1-2-10(16)11(17)4-7/h1-2,4-5,8-9,14,16-17H,3,6,13H2,(H,18,19)/t8-,9?/m1/s1. The van der Waals surface area contributed by atoms with Crippen molar-refractivity contribution in [1.29, 1.82) is 0 Å². The largest absolute Gasteiger partial charge is 0.504 e. The van der Waals surface area contributed by atoms with Crippen LogP contribution in [0.15, 0.2) is 18.2 Å². The Balaban J connectivity index is 2.60. The Hall–Kier alpha value is -1.77. The first-order valence-corrected chi connectivity index (χ1v) is 6.74. The highest BCUT2D eigenvalue weighted by molar-refractivity contribution is 7.97. The van der Waals surface area contributed by atoms with E-state index in [1.807, 2.05) is 0 Å². The van der Waals surface area contributed by atoms with E-state index in [1.54, 1.807) is 0 Å². The third-order valence-electron chi connectivity index (χ3n) is 2.45. The Morgan fingerprint density at radius 3 is 2.65 bits per heavy atom. The number of aliphatic carboxylic acids is 1. The number of phenolic OH excluding ortho intramolecular Hbond substituents is 2. The Kier molecular flexibility index (Phi) is 6.29. The van der Waals surface area contributed by atoms with Crippen LogP contribution < -0.4 is 10.5 Å². The van der Waals surface area contributed by atoms with E-state index in [1.165, 1.54) is 18.2 Å². The number of nitrogens with two attached hydrogens (primary N) is 1. The van der Waals surface area contributed by atoms with E-state index in [-0.39, 0.29) is 23.7 Å². The summed E-state index contributed by atoms with van der Waals surface area (Å²) in [5.74, 6) is -1.37. The summed E-state index contributed by atoms with van der Waals surface area (Å²) in [6, 6.07) is 2.56. The van der Waals surface area contributed by atoms with Gasteiger partial charge in [-0.25, -0.2) is 4.72 Å². The van der Waals surface area contributed by atoms with Crippen LogP contribution >= 0.6 is 11.9 Å². The molecule has 0 saturated carbocycles. The number of carbonyl (C=O) groups excluding carboxylic acids is 1. The van der Waals surface area contributed by atoms with Gasteiger partial charge in [0.15, 0.2) is 11.5 Å². The molecule has 0 amide bonds. The molecule has 0 radical (unpaired) electrons. The molecule has 20 heavy (non-hydrogen) atoms. The van der Waals surface area contributed by atoms with Crippen molar-refractivity contribution in [3.63, 3.8) is 0 Å². The molecule has 1 rings (SSSR count). The van der Waals surface area contributed by atoms with Crippen molar-refractivity contribution in [1.82, 2.24) is 4.72 Å². The summed E-state index contributed by atoms with van der Waals surface area (Å²) in [7, 11) is 0. The molecule has 1 aromatic carbocycles. The van der Waals surface area contributed by atoms with E-state index in [0.29, 0.717) is 11.8 Å². The van der Waals surface area contributed by atoms with Gasteiger partial charge in [0.2, 0.25) is 0 Å². The number of aldehydes is 1. The van der Waals surface area contributed by atoms with Gasteiger partial charge >= 0.3 is 5.97 Å². The summed E-state index contributed by atoms with van der Waals surface area (Å²) < 4.78 is 2.70. The molecule has 2 atom stereocenters. The van der Waals surface area contributed by atoms with Gasteiger partial charge in [-0.05, 0) is 24.1 Å². The first kappa shape index (κ1) is 16.3. The van der Waals surface area contributed by atoms with Crippen molar-refractivity contribution in [3.05, 3.63) is 23.8 Å². The molecule has 7 nitrogen and oxygen atoms in total. The molecule has 0 bridgehead atoms. The van der Waals surface area contributed by atoms with Crippen LogP contribution in [0.4, 0.5) is 0 Å². The van der Waals surface area contributed by atoms with Crippen molar-refractivity contribution in [2.24, 2.45) is 5.73 Å². The zero-order valence-corrected chi connectivity index (χ0v) is 11.3. The SMILES string of the molecule is N[C@H](C=O)CSNC(Cc1ccc(O)c(O)c1)C(=O)O. The number of phenols is 2. The Bertz CT molecular complexity index is 483. The second-order valence-corrected chi connectivity index (χ2v) is 5.00. The molecule has 0 saturated heterocycles. The molecule has 0 spiro atoms. The monoisotopic (exact) mass is 300 g/mol. The van der Waals surface area contributed by atoms with Gasteiger partial charge in [0.05, 0.1) is 6.04 Å². The van der Waals surface area contributed by atoms with Crippen LogP contribution in [0.5, 0.6) is 11.5 Å². The first-order chi connectivity index (χ1) is 9.43. The average molecular weight is 300 g/mol. The summed E-state index contributed by atoms with van der Waals surface area (Å²) in [6.07, 6.45) is 0.703. The van der Waals surface area contributed by atoms with Gasteiger partial charge in [-0.1, -0.05) is 18.0 Å². The number of nitrogens with one attached hydrogen (secondary N) is 1. The topological polar surface area (TPSA) is 133 Å². The summed E-state index contributed by atoms with van der Waals surface area (Å²) in [6.45, 7) is 0. The van der Waals surface area contributed by atoms with E-state index in [9.17, 15) is 19.8 Å². The molecule has 0 aliphatic rings. The molecule has 8 heteroatoms. The van der Waals surface area contributed by atoms with Crippen LogP contribution in [0.2, 0.25) is 0 Å². The van der Waals surface area contributed by atoms with Crippen molar-refractivity contribution in [2.45, 2.75) is 18.5 Å². The molecule has 1 aromatic rings. The Morgan fingerprint density at radius 2 is 2.10 bits per heavy atom. The van der Waals surface area contributed by atoms with Crippen LogP contribution in [0.1, 0.15) is 5.56 Å². The van der Waals surface area contributed by atoms with Gasteiger partial charge in [-0.15, -0.1) is 0 Å². The fourth-order valence-corrected chi connectivity index (χ4v) is 2.15. The number of rotatable bonds is 8. The molecule has 1 unspecified atom stereocenters. The highest BCUT2D eigenvalue weighted by Crippen LogP contribution is 2.25. The minimum atomic E-state index is -1.07. The maximum atomic E-state index is 11.1. The van der Waals surface area contributed by atoms with E-state index in [2.05, 4.69) is 4.72 Å². The zero-order chi connectivity index (χ0) is 15.1. The maximum absolute atomic E-state index is 11.1. The lowest BCUT2D eigenvalue weighted by molar-refractivity contribution is -0.138. The Morgan fingerprint density at radius 1 is 1.40 bits per heavy atom. The highest BCUT2D eigenvalue weighted by Gasteiger charge is 2.18. The summed E-state index contributed by atoms with van der Waals surface area (Å²) >= 11 is 1.05.